The van der Waals surface area contributed by atoms with Gasteiger partial charge in [-0.05, 0) is 39.0 Å². The summed E-state index contributed by atoms with van der Waals surface area (Å²) in [7, 11) is 0. The lowest BCUT2D eigenvalue weighted by Crippen LogP contribution is -2.18. The van der Waals surface area contributed by atoms with Crippen molar-refractivity contribution in [1.82, 2.24) is 19.3 Å². The number of imidazole rings is 1. The monoisotopic (exact) mass is 427 g/mol. The molecule has 2 aromatic heterocycles. The maximum Gasteiger partial charge on any atom is 0.235 e. The SMILES string of the molecule is CCn1c(-c2ccc3c(c2)OCCO3)cnc1SCC(=O)Nc1ccnn1C(C)C. The minimum atomic E-state index is -0.0890. The van der Waals surface area contributed by atoms with Crippen LogP contribution in [0.25, 0.3) is 11.3 Å². The molecule has 0 unspecified atom stereocenters. The summed E-state index contributed by atoms with van der Waals surface area (Å²) >= 11 is 1.41. The summed E-state index contributed by atoms with van der Waals surface area (Å²) in [6.45, 7) is 7.97. The molecule has 0 aliphatic carbocycles. The second-order valence-corrected chi connectivity index (χ2v) is 8.06. The van der Waals surface area contributed by atoms with Gasteiger partial charge >= 0.3 is 0 Å². The second-order valence-electron chi connectivity index (χ2n) is 7.12. The van der Waals surface area contributed by atoms with Crippen molar-refractivity contribution in [2.75, 3.05) is 24.3 Å². The number of anilines is 1. The first-order chi connectivity index (χ1) is 14.6. The van der Waals surface area contributed by atoms with E-state index in [4.69, 9.17) is 9.47 Å². The molecule has 1 aromatic carbocycles. The zero-order valence-electron chi connectivity index (χ0n) is 17.3. The number of hydrogen-bond donors (Lipinski definition) is 1. The van der Waals surface area contributed by atoms with Gasteiger partial charge in [-0.3, -0.25) is 4.79 Å². The Morgan fingerprint density at radius 1 is 1.23 bits per heavy atom. The van der Waals surface area contributed by atoms with E-state index in [1.54, 1.807) is 16.9 Å². The Kier molecular flexibility index (Phi) is 5.98. The molecule has 4 rings (SSSR count). The molecule has 8 nitrogen and oxygen atoms in total. The molecule has 0 bridgehead atoms. The van der Waals surface area contributed by atoms with Crippen LogP contribution >= 0.6 is 11.8 Å². The van der Waals surface area contributed by atoms with Crippen LogP contribution in [-0.4, -0.2) is 44.2 Å². The minimum Gasteiger partial charge on any atom is -0.486 e. The quantitative estimate of drug-likeness (QED) is 0.577. The number of fused-ring (bicyclic) bond motifs is 1. The molecular weight excluding hydrogens is 402 g/mol. The Labute approximate surface area is 179 Å². The zero-order chi connectivity index (χ0) is 21.1. The molecule has 3 heterocycles. The van der Waals surface area contributed by atoms with Gasteiger partial charge in [0.15, 0.2) is 16.7 Å². The maximum atomic E-state index is 12.5. The van der Waals surface area contributed by atoms with Crippen LogP contribution in [0.5, 0.6) is 11.5 Å². The molecule has 0 spiro atoms. The molecule has 1 amide bonds. The third-order valence-electron chi connectivity index (χ3n) is 4.73. The molecule has 158 valence electrons. The maximum absolute atomic E-state index is 12.5. The number of benzene rings is 1. The number of rotatable bonds is 7. The molecule has 9 heteroatoms. The summed E-state index contributed by atoms with van der Waals surface area (Å²) in [5.41, 5.74) is 1.99. The normalized spacial score (nSPS) is 12.9. The van der Waals surface area contributed by atoms with E-state index in [1.165, 1.54) is 11.8 Å². The zero-order valence-corrected chi connectivity index (χ0v) is 18.1. The molecule has 0 radical (unpaired) electrons. The largest absolute Gasteiger partial charge is 0.486 e. The van der Waals surface area contributed by atoms with Crippen LogP contribution in [0.4, 0.5) is 5.82 Å². The van der Waals surface area contributed by atoms with Gasteiger partial charge in [-0.25, -0.2) is 9.67 Å². The highest BCUT2D eigenvalue weighted by Gasteiger charge is 2.17. The molecular formula is C21H25N5O3S. The van der Waals surface area contributed by atoms with Gasteiger partial charge in [0, 0.05) is 24.2 Å². The summed E-state index contributed by atoms with van der Waals surface area (Å²) in [5.74, 6) is 2.39. The fourth-order valence-corrected chi connectivity index (χ4v) is 4.19. The number of amides is 1. The second kappa shape index (κ2) is 8.83. The number of hydrogen-bond acceptors (Lipinski definition) is 6. The van der Waals surface area contributed by atoms with Crippen molar-refractivity contribution in [3.05, 3.63) is 36.7 Å². The van der Waals surface area contributed by atoms with E-state index in [9.17, 15) is 4.79 Å². The molecule has 1 aliphatic rings. The van der Waals surface area contributed by atoms with Crippen molar-refractivity contribution in [1.29, 1.82) is 0 Å². The number of ether oxygens (including phenoxy) is 2. The van der Waals surface area contributed by atoms with Crippen LogP contribution in [0.2, 0.25) is 0 Å². The highest BCUT2D eigenvalue weighted by atomic mass is 32.2. The number of carbonyl (C=O) groups is 1. The fourth-order valence-electron chi connectivity index (χ4n) is 3.35. The first-order valence-electron chi connectivity index (χ1n) is 9.98. The van der Waals surface area contributed by atoms with E-state index in [2.05, 4.69) is 26.9 Å². The summed E-state index contributed by atoms with van der Waals surface area (Å²) in [4.78, 5) is 17.0. The van der Waals surface area contributed by atoms with Crippen molar-refractivity contribution in [3.63, 3.8) is 0 Å². The Morgan fingerprint density at radius 2 is 2.03 bits per heavy atom. The van der Waals surface area contributed by atoms with E-state index in [0.29, 0.717) is 19.0 Å². The lowest BCUT2D eigenvalue weighted by atomic mass is 10.1. The van der Waals surface area contributed by atoms with Crippen LogP contribution < -0.4 is 14.8 Å². The van der Waals surface area contributed by atoms with Crippen LogP contribution in [-0.2, 0) is 11.3 Å². The summed E-state index contributed by atoms with van der Waals surface area (Å²) in [5, 5.41) is 7.97. The smallest absolute Gasteiger partial charge is 0.235 e. The Hall–Kier alpha value is -2.94. The van der Waals surface area contributed by atoms with Crippen molar-refractivity contribution >= 4 is 23.5 Å². The third-order valence-corrected chi connectivity index (χ3v) is 5.72. The van der Waals surface area contributed by atoms with Crippen molar-refractivity contribution in [3.8, 4) is 22.8 Å². The first kappa shape index (κ1) is 20.3. The van der Waals surface area contributed by atoms with Gasteiger partial charge in [0.2, 0.25) is 5.91 Å². The average molecular weight is 428 g/mol. The van der Waals surface area contributed by atoms with E-state index >= 15 is 0 Å². The Morgan fingerprint density at radius 3 is 2.80 bits per heavy atom. The van der Waals surface area contributed by atoms with E-state index in [0.717, 1.165) is 34.5 Å². The third kappa shape index (κ3) is 4.16. The van der Waals surface area contributed by atoms with Crippen LogP contribution in [0.3, 0.4) is 0 Å². The minimum absolute atomic E-state index is 0.0890. The van der Waals surface area contributed by atoms with E-state index in [-0.39, 0.29) is 17.7 Å². The molecule has 1 N–H and O–H groups in total. The summed E-state index contributed by atoms with van der Waals surface area (Å²) < 4.78 is 15.2. The highest BCUT2D eigenvalue weighted by molar-refractivity contribution is 7.99. The average Bonchev–Trinajstić information content (AvgIpc) is 3.38. The molecule has 0 saturated carbocycles. The van der Waals surface area contributed by atoms with Crippen LogP contribution in [0, 0.1) is 0 Å². The molecule has 0 atom stereocenters. The Bertz CT molecular complexity index is 1040. The van der Waals surface area contributed by atoms with Gasteiger partial charge < -0.3 is 19.4 Å². The summed E-state index contributed by atoms with van der Waals surface area (Å²) in [6, 6.07) is 7.89. The van der Waals surface area contributed by atoms with Gasteiger partial charge in [0.05, 0.1) is 23.8 Å². The van der Waals surface area contributed by atoms with Gasteiger partial charge in [0.25, 0.3) is 0 Å². The predicted molar refractivity (Wildman–Crippen MR) is 116 cm³/mol. The van der Waals surface area contributed by atoms with Crippen molar-refractivity contribution in [2.24, 2.45) is 0 Å². The standard InChI is InChI=1S/C21H25N5O3S/c1-4-25-16(15-5-6-17-18(11-15)29-10-9-28-17)12-22-21(25)30-13-20(27)24-19-7-8-23-26(19)14(2)3/h5-8,11-12,14H,4,9-10,13H2,1-3H3,(H,24,27). The van der Waals surface area contributed by atoms with Gasteiger partial charge in [-0.1, -0.05) is 11.8 Å². The van der Waals surface area contributed by atoms with Gasteiger partial charge in [-0.2, -0.15) is 5.10 Å². The number of thioether (sulfide) groups is 1. The molecule has 30 heavy (non-hydrogen) atoms. The number of nitrogens with zero attached hydrogens (tertiary/aromatic N) is 4. The highest BCUT2D eigenvalue weighted by Crippen LogP contribution is 2.35. The molecule has 0 fully saturated rings. The van der Waals surface area contributed by atoms with Crippen LogP contribution in [0.1, 0.15) is 26.8 Å². The Balaban J connectivity index is 1.46. The molecule has 3 aromatic rings. The van der Waals surface area contributed by atoms with Crippen molar-refractivity contribution < 1.29 is 14.3 Å². The lowest BCUT2D eigenvalue weighted by molar-refractivity contribution is -0.113. The van der Waals surface area contributed by atoms with E-state index < -0.39 is 0 Å². The predicted octanol–water partition coefficient (Wildman–Crippen LogP) is 3.85. The molecule has 1 aliphatic heterocycles. The number of aromatic nitrogens is 4. The molecule has 0 saturated heterocycles. The number of nitrogens with one attached hydrogen (secondary N) is 1. The summed E-state index contributed by atoms with van der Waals surface area (Å²) in [6.07, 6.45) is 3.52. The van der Waals surface area contributed by atoms with E-state index in [1.807, 2.05) is 38.2 Å². The van der Waals surface area contributed by atoms with Gasteiger partial charge in [0.1, 0.15) is 19.0 Å². The first-order valence-corrected chi connectivity index (χ1v) is 11.0. The fraction of sp³-hybridized carbons (Fsp3) is 0.381. The lowest BCUT2D eigenvalue weighted by Gasteiger charge is -2.19. The van der Waals surface area contributed by atoms with Crippen LogP contribution in [0.15, 0.2) is 41.8 Å². The van der Waals surface area contributed by atoms with Crippen molar-refractivity contribution in [2.45, 2.75) is 38.5 Å². The topological polar surface area (TPSA) is 83.2 Å². The number of carbonyl (C=O) groups excluding carboxylic acids is 1. The van der Waals surface area contributed by atoms with Gasteiger partial charge in [-0.15, -0.1) is 0 Å².